The molecule has 2 rings (SSSR count). The van der Waals surface area contributed by atoms with Crippen LogP contribution in [0.25, 0.3) is 0 Å². The first-order valence-electron chi connectivity index (χ1n) is 4.80. The standard InChI is InChI=1S/C13H12OS/c14-13(10-6-2-1-3-7-10)11-8-4-5-9-12(11)15/h1-9,13-15H. The topological polar surface area (TPSA) is 20.2 Å². The molecule has 2 aromatic rings. The van der Waals surface area contributed by atoms with Crippen LogP contribution in [-0.4, -0.2) is 5.11 Å². The minimum atomic E-state index is -0.597. The van der Waals surface area contributed by atoms with Gasteiger partial charge in [-0.1, -0.05) is 48.5 Å². The molecule has 0 fully saturated rings. The maximum absolute atomic E-state index is 10.1. The van der Waals surface area contributed by atoms with Crippen LogP contribution in [0.5, 0.6) is 0 Å². The van der Waals surface area contributed by atoms with Crippen LogP contribution in [0.1, 0.15) is 17.2 Å². The molecule has 0 saturated heterocycles. The van der Waals surface area contributed by atoms with Crippen molar-refractivity contribution in [3.63, 3.8) is 0 Å². The lowest BCUT2D eigenvalue weighted by Gasteiger charge is -2.13. The van der Waals surface area contributed by atoms with E-state index in [0.717, 1.165) is 16.0 Å². The van der Waals surface area contributed by atoms with Crippen LogP contribution >= 0.6 is 12.6 Å². The molecular weight excluding hydrogens is 204 g/mol. The Labute approximate surface area is 94.8 Å². The number of hydrogen-bond donors (Lipinski definition) is 2. The summed E-state index contributed by atoms with van der Waals surface area (Å²) in [6.45, 7) is 0. The Kier molecular flexibility index (Phi) is 3.09. The third-order valence-corrected chi connectivity index (χ3v) is 2.75. The molecule has 2 aromatic carbocycles. The lowest BCUT2D eigenvalue weighted by molar-refractivity contribution is 0.217. The summed E-state index contributed by atoms with van der Waals surface area (Å²) < 4.78 is 0. The molecule has 15 heavy (non-hydrogen) atoms. The molecule has 0 aliphatic heterocycles. The number of aliphatic hydroxyl groups is 1. The van der Waals surface area contributed by atoms with Gasteiger partial charge in [-0.15, -0.1) is 12.6 Å². The Hall–Kier alpha value is -1.25. The summed E-state index contributed by atoms with van der Waals surface area (Å²) in [6, 6.07) is 17.2. The van der Waals surface area contributed by atoms with Gasteiger partial charge in [0.05, 0.1) is 0 Å². The zero-order chi connectivity index (χ0) is 10.7. The van der Waals surface area contributed by atoms with E-state index in [9.17, 15) is 5.11 Å². The monoisotopic (exact) mass is 216 g/mol. The number of rotatable bonds is 2. The van der Waals surface area contributed by atoms with E-state index in [1.807, 2.05) is 54.6 Å². The maximum atomic E-state index is 10.1. The Bertz CT molecular complexity index is 439. The van der Waals surface area contributed by atoms with Crippen molar-refractivity contribution in [2.24, 2.45) is 0 Å². The summed E-state index contributed by atoms with van der Waals surface area (Å²) in [6.07, 6.45) is -0.597. The molecular formula is C13H12OS. The highest BCUT2D eigenvalue weighted by atomic mass is 32.1. The van der Waals surface area contributed by atoms with E-state index in [-0.39, 0.29) is 0 Å². The quantitative estimate of drug-likeness (QED) is 0.739. The molecule has 1 unspecified atom stereocenters. The van der Waals surface area contributed by atoms with Crippen molar-refractivity contribution >= 4 is 12.6 Å². The Morgan fingerprint density at radius 3 is 2.13 bits per heavy atom. The lowest BCUT2D eigenvalue weighted by Crippen LogP contribution is -2.00. The average Bonchev–Trinajstić information content (AvgIpc) is 2.30. The average molecular weight is 216 g/mol. The first kappa shape index (κ1) is 10.3. The largest absolute Gasteiger partial charge is 0.384 e. The predicted octanol–water partition coefficient (Wildman–Crippen LogP) is 3.06. The van der Waals surface area contributed by atoms with Crippen LogP contribution in [0.2, 0.25) is 0 Å². The van der Waals surface area contributed by atoms with Gasteiger partial charge < -0.3 is 5.11 Å². The molecule has 1 atom stereocenters. The molecule has 0 aliphatic carbocycles. The smallest absolute Gasteiger partial charge is 0.105 e. The van der Waals surface area contributed by atoms with Crippen LogP contribution in [0.4, 0.5) is 0 Å². The van der Waals surface area contributed by atoms with Gasteiger partial charge in [0.25, 0.3) is 0 Å². The number of aliphatic hydroxyl groups excluding tert-OH is 1. The molecule has 1 N–H and O–H groups in total. The minimum absolute atomic E-state index is 0.597. The zero-order valence-electron chi connectivity index (χ0n) is 8.17. The van der Waals surface area contributed by atoms with E-state index in [0.29, 0.717) is 0 Å². The van der Waals surface area contributed by atoms with Crippen molar-refractivity contribution in [1.82, 2.24) is 0 Å². The summed E-state index contributed by atoms with van der Waals surface area (Å²) in [5.41, 5.74) is 1.73. The van der Waals surface area contributed by atoms with Crippen LogP contribution < -0.4 is 0 Å². The Morgan fingerprint density at radius 1 is 0.867 bits per heavy atom. The van der Waals surface area contributed by atoms with Gasteiger partial charge in [0.2, 0.25) is 0 Å². The van der Waals surface area contributed by atoms with Crippen molar-refractivity contribution < 1.29 is 5.11 Å². The first-order chi connectivity index (χ1) is 7.29. The normalized spacial score (nSPS) is 12.4. The third-order valence-electron chi connectivity index (χ3n) is 2.35. The highest BCUT2D eigenvalue weighted by Crippen LogP contribution is 2.26. The Balaban J connectivity index is 2.37. The van der Waals surface area contributed by atoms with E-state index < -0.39 is 6.10 Å². The molecule has 0 radical (unpaired) electrons. The summed E-state index contributed by atoms with van der Waals surface area (Å²) in [5.74, 6) is 0. The lowest BCUT2D eigenvalue weighted by atomic mass is 10.0. The van der Waals surface area contributed by atoms with Gasteiger partial charge in [0, 0.05) is 4.90 Å². The molecule has 2 heteroatoms. The van der Waals surface area contributed by atoms with Gasteiger partial charge in [-0.3, -0.25) is 0 Å². The molecule has 0 heterocycles. The molecule has 0 spiro atoms. The number of hydrogen-bond acceptors (Lipinski definition) is 2. The molecule has 0 bridgehead atoms. The first-order valence-corrected chi connectivity index (χ1v) is 5.24. The van der Waals surface area contributed by atoms with Crippen molar-refractivity contribution in [2.75, 3.05) is 0 Å². The van der Waals surface area contributed by atoms with Gasteiger partial charge >= 0.3 is 0 Å². The van der Waals surface area contributed by atoms with Gasteiger partial charge in [-0.05, 0) is 17.2 Å². The molecule has 0 amide bonds. The summed E-state index contributed by atoms with van der Waals surface area (Å²) in [7, 11) is 0. The third kappa shape index (κ3) is 2.22. The number of thiol groups is 1. The summed E-state index contributed by atoms with van der Waals surface area (Å²) >= 11 is 4.33. The fraction of sp³-hybridized carbons (Fsp3) is 0.0769. The molecule has 0 saturated carbocycles. The van der Waals surface area contributed by atoms with Crippen LogP contribution in [0.3, 0.4) is 0 Å². The second-order valence-corrected chi connectivity index (χ2v) is 3.85. The van der Waals surface area contributed by atoms with Crippen LogP contribution in [-0.2, 0) is 0 Å². The SMILES string of the molecule is OC(c1ccccc1)c1ccccc1S. The van der Waals surface area contributed by atoms with Crippen molar-refractivity contribution in [1.29, 1.82) is 0 Å². The second-order valence-electron chi connectivity index (χ2n) is 3.37. The van der Waals surface area contributed by atoms with Gasteiger partial charge in [-0.25, -0.2) is 0 Å². The fourth-order valence-electron chi connectivity index (χ4n) is 1.53. The van der Waals surface area contributed by atoms with Gasteiger partial charge in [-0.2, -0.15) is 0 Å². The zero-order valence-corrected chi connectivity index (χ0v) is 9.06. The molecule has 1 nitrogen and oxygen atoms in total. The fourth-order valence-corrected chi connectivity index (χ4v) is 1.82. The van der Waals surface area contributed by atoms with Gasteiger partial charge in [0.1, 0.15) is 6.10 Å². The summed E-state index contributed by atoms with van der Waals surface area (Å²) in [4.78, 5) is 0.814. The molecule has 76 valence electrons. The predicted molar refractivity (Wildman–Crippen MR) is 64.2 cm³/mol. The van der Waals surface area contributed by atoms with E-state index in [1.165, 1.54) is 0 Å². The summed E-state index contributed by atoms with van der Waals surface area (Å²) in [5, 5.41) is 10.1. The number of benzene rings is 2. The van der Waals surface area contributed by atoms with E-state index in [2.05, 4.69) is 12.6 Å². The van der Waals surface area contributed by atoms with Crippen LogP contribution in [0, 0.1) is 0 Å². The van der Waals surface area contributed by atoms with Gasteiger partial charge in [0.15, 0.2) is 0 Å². The molecule has 0 aromatic heterocycles. The highest BCUT2D eigenvalue weighted by molar-refractivity contribution is 7.80. The molecule has 0 aliphatic rings. The Morgan fingerprint density at radius 2 is 1.47 bits per heavy atom. The van der Waals surface area contributed by atoms with Crippen molar-refractivity contribution in [3.8, 4) is 0 Å². The maximum Gasteiger partial charge on any atom is 0.105 e. The van der Waals surface area contributed by atoms with E-state index in [1.54, 1.807) is 0 Å². The highest BCUT2D eigenvalue weighted by Gasteiger charge is 2.11. The van der Waals surface area contributed by atoms with Crippen molar-refractivity contribution in [2.45, 2.75) is 11.0 Å². The van der Waals surface area contributed by atoms with E-state index in [4.69, 9.17) is 0 Å². The minimum Gasteiger partial charge on any atom is -0.384 e. The second kappa shape index (κ2) is 4.51. The van der Waals surface area contributed by atoms with E-state index >= 15 is 0 Å². The van der Waals surface area contributed by atoms with Crippen LogP contribution in [0.15, 0.2) is 59.5 Å². The van der Waals surface area contributed by atoms with Crippen molar-refractivity contribution in [3.05, 3.63) is 65.7 Å².